The first kappa shape index (κ1) is 9.36. The third-order valence-corrected chi connectivity index (χ3v) is 2.86. The highest BCUT2D eigenvalue weighted by Crippen LogP contribution is 2.26. The highest BCUT2D eigenvalue weighted by atomic mass is 16.3. The Labute approximate surface area is 92.7 Å². The summed E-state index contributed by atoms with van der Waals surface area (Å²) in [6, 6.07) is 10.2. The summed E-state index contributed by atoms with van der Waals surface area (Å²) in [5.74, 6) is 0. The molecule has 1 aromatic carbocycles. The van der Waals surface area contributed by atoms with Gasteiger partial charge in [0.05, 0.1) is 11.2 Å². The number of hydrogen-bond acceptors (Lipinski definition) is 2. The van der Waals surface area contributed by atoms with Crippen molar-refractivity contribution in [2.75, 3.05) is 6.61 Å². The molecule has 0 atom stereocenters. The van der Waals surface area contributed by atoms with Gasteiger partial charge in [0.2, 0.25) is 0 Å². The lowest BCUT2D eigenvalue weighted by molar-refractivity contribution is 0.298. The quantitative estimate of drug-likeness (QED) is 0.684. The van der Waals surface area contributed by atoms with E-state index in [0.717, 1.165) is 16.7 Å². The van der Waals surface area contributed by atoms with E-state index in [1.165, 1.54) is 10.8 Å². The summed E-state index contributed by atoms with van der Waals surface area (Å²) >= 11 is 0. The number of para-hydroxylation sites is 1. The summed E-state index contributed by atoms with van der Waals surface area (Å²) < 4.78 is 0. The second kappa shape index (κ2) is 3.61. The van der Waals surface area contributed by atoms with Crippen molar-refractivity contribution in [2.45, 2.75) is 6.42 Å². The van der Waals surface area contributed by atoms with Gasteiger partial charge in [-0.3, -0.25) is 4.98 Å². The molecule has 0 saturated carbocycles. The van der Waals surface area contributed by atoms with Crippen LogP contribution in [0.25, 0.3) is 21.8 Å². The predicted octanol–water partition coefficient (Wildman–Crippen LogP) is 2.25. The fraction of sp³-hybridized carbons (Fsp3) is 0.154. The first-order valence-corrected chi connectivity index (χ1v) is 5.35. The Kier molecular flexibility index (Phi) is 2.11. The Balaban J connectivity index is 2.39. The minimum Gasteiger partial charge on any atom is -0.396 e. The number of aromatic amines is 1. The lowest BCUT2D eigenvalue weighted by Gasteiger charge is -1.98. The van der Waals surface area contributed by atoms with Crippen LogP contribution >= 0.6 is 0 Å². The van der Waals surface area contributed by atoms with Gasteiger partial charge >= 0.3 is 0 Å². The number of hydrogen-bond donors (Lipinski definition) is 2. The van der Waals surface area contributed by atoms with E-state index < -0.39 is 0 Å². The van der Waals surface area contributed by atoms with Gasteiger partial charge in [0.15, 0.2) is 0 Å². The molecule has 2 N–H and O–H groups in total. The van der Waals surface area contributed by atoms with Gasteiger partial charge in [-0.25, -0.2) is 0 Å². The van der Waals surface area contributed by atoms with E-state index in [9.17, 15) is 0 Å². The molecule has 3 rings (SSSR count). The Morgan fingerprint density at radius 2 is 2.00 bits per heavy atom. The normalized spacial score (nSPS) is 11.3. The first-order valence-electron chi connectivity index (χ1n) is 5.35. The zero-order valence-electron chi connectivity index (χ0n) is 8.77. The number of pyridine rings is 1. The summed E-state index contributed by atoms with van der Waals surface area (Å²) in [4.78, 5) is 7.66. The molecule has 3 heteroatoms. The molecule has 0 spiro atoms. The van der Waals surface area contributed by atoms with E-state index in [1.807, 2.05) is 18.2 Å². The van der Waals surface area contributed by atoms with E-state index in [-0.39, 0.29) is 6.61 Å². The highest BCUT2D eigenvalue weighted by molar-refractivity contribution is 6.07. The summed E-state index contributed by atoms with van der Waals surface area (Å²) in [6.45, 7) is 0.126. The van der Waals surface area contributed by atoms with Crippen LogP contribution in [-0.4, -0.2) is 21.7 Å². The molecule has 0 saturated heterocycles. The fourth-order valence-corrected chi connectivity index (χ4v) is 2.13. The van der Waals surface area contributed by atoms with Crippen molar-refractivity contribution in [3.63, 3.8) is 0 Å². The van der Waals surface area contributed by atoms with Crippen LogP contribution in [0.3, 0.4) is 0 Å². The molecule has 0 fully saturated rings. The molecule has 80 valence electrons. The molecule has 0 aliphatic rings. The van der Waals surface area contributed by atoms with Crippen molar-refractivity contribution in [1.82, 2.24) is 9.97 Å². The number of nitrogens with zero attached hydrogens (tertiary/aromatic N) is 1. The summed E-state index contributed by atoms with van der Waals surface area (Å²) in [6.07, 6.45) is 2.39. The topological polar surface area (TPSA) is 48.9 Å². The SMILES string of the molecule is OCCc1nccc2c1[nH]c1ccccc12. The molecule has 16 heavy (non-hydrogen) atoms. The van der Waals surface area contributed by atoms with Crippen LogP contribution in [0.4, 0.5) is 0 Å². The third-order valence-electron chi connectivity index (χ3n) is 2.86. The van der Waals surface area contributed by atoms with Gasteiger partial charge < -0.3 is 10.1 Å². The van der Waals surface area contributed by atoms with Crippen molar-refractivity contribution in [2.24, 2.45) is 0 Å². The number of fused-ring (bicyclic) bond motifs is 3. The summed E-state index contributed by atoms with van der Waals surface area (Å²) in [5.41, 5.74) is 3.08. The molecule has 0 radical (unpaired) electrons. The zero-order chi connectivity index (χ0) is 11.0. The van der Waals surface area contributed by atoms with Gasteiger partial charge in [-0.2, -0.15) is 0 Å². The Bertz CT molecular complexity index is 643. The molecular formula is C13H12N2O. The van der Waals surface area contributed by atoms with Crippen LogP contribution in [-0.2, 0) is 6.42 Å². The number of aromatic nitrogens is 2. The van der Waals surface area contributed by atoms with Crippen LogP contribution in [0.15, 0.2) is 36.5 Å². The van der Waals surface area contributed by atoms with Gasteiger partial charge in [0.1, 0.15) is 0 Å². The molecule has 0 aliphatic carbocycles. The van der Waals surface area contributed by atoms with Gasteiger partial charge in [-0.05, 0) is 12.1 Å². The van der Waals surface area contributed by atoms with Gasteiger partial charge in [0.25, 0.3) is 0 Å². The second-order valence-electron chi connectivity index (χ2n) is 3.82. The summed E-state index contributed by atoms with van der Waals surface area (Å²) in [5, 5.41) is 11.4. The molecule has 3 nitrogen and oxygen atoms in total. The minimum atomic E-state index is 0.126. The maximum absolute atomic E-state index is 9.00. The molecule has 0 bridgehead atoms. The Morgan fingerprint density at radius 3 is 2.88 bits per heavy atom. The Morgan fingerprint density at radius 1 is 1.12 bits per heavy atom. The molecule has 0 amide bonds. The van der Waals surface area contributed by atoms with E-state index in [1.54, 1.807) is 6.20 Å². The van der Waals surface area contributed by atoms with Crippen LogP contribution in [0.1, 0.15) is 5.69 Å². The number of aliphatic hydroxyl groups is 1. The standard InChI is InChI=1S/C13H12N2O/c16-8-6-12-13-10(5-7-14-12)9-3-1-2-4-11(9)15-13/h1-5,7,15-16H,6,8H2. The average Bonchev–Trinajstić information content (AvgIpc) is 2.69. The van der Waals surface area contributed by atoms with E-state index in [4.69, 9.17) is 5.11 Å². The van der Waals surface area contributed by atoms with Crippen LogP contribution in [0.2, 0.25) is 0 Å². The molecule has 0 aliphatic heterocycles. The second-order valence-corrected chi connectivity index (χ2v) is 3.82. The first-order chi connectivity index (χ1) is 7.90. The molecular weight excluding hydrogens is 200 g/mol. The molecule has 0 unspecified atom stereocenters. The highest BCUT2D eigenvalue weighted by Gasteiger charge is 2.07. The number of benzene rings is 1. The van der Waals surface area contributed by atoms with Crippen molar-refractivity contribution in [3.05, 3.63) is 42.2 Å². The maximum atomic E-state index is 9.00. The molecule has 2 heterocycles. The van der Waals surface area contributed by atoms with Crippen molar-refractivity contribution in [3.8, 4) is 0 Å². The van der Waals surface area contributed by atoms with E-state index in [0.29, 0.717) is 6.42 Å². The molecule has 2 aromatic heterocycles. The van der Waals surface area contributed by atoms with Crippen LogP contribution in [0, 0.1) is 0 Å². The number of nitrogens with one attached hydrogen (secondary N) is 1. The van der Waals surface area contributed by atoms with E-state index in [2.05, 4.69) is 22.1 Å². The van der Waals surface area contributed by atoms with Crippen LogP contribution in [0.5, 0.6) is 0 Å². The van der Waals surface area contributed by atoms with Crippen molar-refractivity contribution >= 4 is 21.8 Å². The lowest BCUT2D eigenvalue weighted by atomic mass is 10.1. The number of aliphatic hydroxyl groups excluding tert-OH is 1. The molecule has 3 aromatic rings. The number of rotatable bonds is 2. The largest absolute Gasteiger partial charge is 0.396 e. The summed E-state index contributed by atoms with van der Waals surface area (Å²) in [7, 11) is 0. The monoisotopic (exact) mass is 212 g/mol. The maximum Gasteiger partial charge on any atom is 0.0684 e. The Hall–Kier alpha value is -1.87. The zero-order valence-corrected chi connectivity index (χ0v) is 8.77. The van der Waals surface area contributed by atoms with Crippen LogP contribution < -0.4 is 0 Å². The smallest absolute Gasteiger partial charge is 0.0684 e. The third kappa shape index (κ3) is 1.29. The van der Waals surface area contributed by atoms with Crippen molar-refractivity contribution < 1.29 is 5.11 Å². The lowest BCUT2D eigenvalue weighted by Crippen LogP contribution is -1.94. The van der Waals surface area contributed by atoms with E-state index >= 15 is 0 Å². The number of H-pyrrole nitrogens is 1. The fourth-order valence-electron chi connectivity index (χ4n) is 2.13. The average molecular weight is 212 g/mol. The van der Waals surface area contributed by atoms with Gasteiger partial charge in [-0.15, -0.1) is 0 Å². The van der Waals surface area contributed by atoms with Gasteiger partial charge in [-0.1, -0.05) is 18.2 Å². The minimum absolute atomic E-state index is 0.126. The van der Waals surface area contributed by atoms with Gasteiger partial charge in [0, 0.05) is 35.5 Å². The predicted molar refractivity (Wildman–Crippen MR) is 64.4 cm³/mol. The van der Waals surface area contributed by atoms with Crippen molar-refractivity contribution in [1.29, 1.82) is 0 Å².